The lowest BCUT2D eigenvalue weighted by Gasteiger charge is -2.28. The highest BCUT2D eigenvalue weighted by Crippen LogP contribution is 2.27. The Hall–Kier alpha value is -2.85. The molecule has 0 aliphatic carbocycles. The van der Waals surface area contributed by atoms with Crippen molar-refractivity contribution in [2.24, 2.45) is 5.73 Å². The SMILES string of the molecule is C=CC[n+]1cccc(CC(N)(c2ccccn2)c2ccccn2)c1. The molecule has 0 aliphatic rings. The predicted molar refractivity (Wildman–Crippen MR) is 94.0 cm³/mol. The Balaban J connectivity index is 2.03. The Morgan fingerprint density at radius 1 is 1.00 bits per heavy atom. The number of nitrogens with two attached hydrogens (primary N) is 1. The molecular weight excluding hydrogens is 296 g/mol. The largest absolute Gasteiger partial charge is 0.315 e. The fourth-order valence-corrected chi connectivity index (χ4v) is 2.83. The zero-order valence-corrected chi connectivity index (χ0v) is 13.5. The maximum absolute atomic E-state index is 6.84. The number of nitrogens with zero attached hydrogens (tertiary/aromatic N) is 3. The van der Waals surface area contributed by atoms with E-state index in [1.807, 2.05) is 54.7 Å². The predicted octanol–water partition coefficient (Wildman–Crippen LogP) is 2.40. The van der Waals surface area contributed by atoms with Crippen molar-refractivity contribution in [3.05, 3.63) is 103 Å². The first-order valence-electron chi connectivity index (χ1n) is 7.93. The molecule has 4 nitrogen and oxygen atoms in total. The molecular formula is C20H21N4+. The van der Waals surface area contributed by atoms with E-state index in [4.69, 9.17) is 5.73 Å². The number of rotatable bonds is 6. The van der Waals surface area contributed by atoms with Crippen LogP contribution in [0.25, 0.3) is 0 Å². The van der Waals surface area contributed by atoms with Crippen LogP contribution in [0.4, 0.5) is 0 Å². The van der Waals surface area contributed by atoms with Gasteiger partial charge in [-0.05, 0) is 36.4 Å². The van der Waals surface area contributed by atoms with Crippen molar-refractivity contribution in [2.75, 3.05) is 0 Å². The Bertz CT molecular complexity index is 761. The molecule has 120 valence electrons. The summed E-state index contributed by atoms with van der Waals surface area (Å²) in [6.45, 7) is 4.55. The summed E-state index contributed by atoms with van der Waals surface area (Å²) in [5.74, 6) is 0. The molecule has 3 heterocycles. The Morgan fingerprint density at radius 2 is 1.67 bits per heavy atom. The van der Waals surface area contributed by atoms with E-state index in [0.717, 1.165) is 23.5 Å². The second-order valence-corrected chi connectivity index (χ2v) is 5.78. The molecule has 0 fully saturated rings. The Kier molecular flexibility index (Phi) is 4.77. The van der Waals surface area contributed by atoms with Gasteiger partial charge in [0.05, 0.1) is 11.4 Å². The van der Waals surface area contributed by atoms with Crippen molar-refractivity contribution in [1.29, 1.82) is 0 Å². The molecule has 0 saturated carbocycles. The molecule has 0 bridgehead atoms. The van der Waals surface area contributed by atoms with E-state index in [2.05, 4.69) is 33.4 Å². The number of allylic oxidation sites excluding steroid dienone is 1. The summed E-state index contributed by atoms with van der Waals surface area (Å²) in [6, 6.07) is 15.7. The molecule has 3 rings (SSSR count). The normalized spacial score (nSPS) is 11.2. The summed E-state index contributed by atoms with van der Waals surface area (Å²) in [5, 5.41) is 0. The molecule has 2 N–H and O–H groups in total. The zero-order valence-electron chi connectivity index (χ0n) is 13.5. The molecule has 0 radical (unpaired) electrons. The highest BCUT2D eigenvalue weighted by atomic mass is 14.9. The minimum absolute atomic E-state index is 0.610. The number of pyridine rings is 3. The summed E-state index contributed by atoms with van der Waals surface area (Å²) in [6.07, 6.45) is 10.1. The lowest BCUT2D eigenvalue weighted by Crippen LogP contribution is -2.42. The monoisotopic (exact) mass is 317 g/mol. The van der Waals surface area contributed by atoms with Gasteiger partial charge >= 0.3 is 0 Å². The smallest absolute Gasteiger partial charge is 0.172 e. The molecule has 0 saturated heterocycles. The van der Waals surface area contributed by atoms with Crippen LogP contribution in [0.3, 0.4) is 0 Å². The highest BCUT2D eigenvalue weighted by molar-refractivity contribution is 5.32. The van der Waals surface area contributed by atoms with Crippen LogP contribution in [0.5, 0.6) is 0 Å². The van der Waals surface area contributed by atoms with E-state index in [9.17, 15) is 0 Å². The molecule has 4 heteroatoms. The summed E-state index contributed by atoms with van der Waals surface area (Å²) >= 11 is 0. The molecule has 0 spiro atoms. The van der Waals surface area contributed by atoms with Gasteiger partial charge in [0.1, 0.15) is 5.54 Å². The first-order chi connectivity index (χ1) is 11.7. The third-order valence-corrected chi connectivity index (χ3v) is 3.99. The van der Waals surface area contributed by atoms with Crippen molar-refractivity contribution in [3.63, 3.8) is 0 Å². The number of hydrogen-bond acceptors (Lipinski definition) is 3. The average molecular weight is 317 g/mol. The van der Waals surface area contributed by atoms with Gasteiger partial charge < -0.3 is 5.73 Å². The molecule has 0 aromatic carbocycles. The second-order valence-electron chi connectivity index (χ2n) is 5.78. The van der Waals surface area contributed by atoms with Gasteiger partial charge in [-0.15, -0.1) is 0 Å². The van der Waals surface area contributed by atoms with Gasteiger partial charge in [-0.1, -0.05) is 18.7 Å². The third kappa shape index (κ3) is 3.39. The topological polar surface area (TPSA) is 55.7 Å². The first-order valence-corrected chi connectivity index (χ1v) is 7.93. The van der Waals surface area contributed by atoms with Gasteiger partial charge in [0, 0.05) is 30.4 Å². The van der Waals surface area contributed by atoms with E-state index >= 15 is 0 Å². The van der Waals surface area contributed by atoms with E-state index in [1.54, 1.807) is 12.4 Å². The molecule has 24 heavy (non-hydrogen) atoms. The number of aromatic nitrogens is 3. The lowest BCUT2D eigenvalue weighted by molar-refractivity contribution is -0.687. The standard InChI is InChI=1S/C20H21N4/c1-2-13-24-14-7-8-17(16-24)15-20(21,18-9-3-5-11-22-18)19-10-4-6-12-23-19/h2-12,14,16H,1,13,15,21H2/q+1. The molecule has 0 amide bonds. The average Bonchev–Trinajstić information content (AvgIpc) is 2.64. The van der Waals surface area contributed by atoms with Gasteiger partial charge in [0.2, 0.25) is 0 Å². The van der Waals surface area contributed by atoms with Crippen LogP contribution >= 0.6 is 0 Å². The van der Waals surface area contributed by atoms with Crippen LogP contribution in [0.1, 0.15) is 17.0 Å². The third-order valence-electron chi connectivity index (χ3n) is 3.99. The van der Waals surface area contributed by atoms with Crippen LogP contribution in [0.15, 0.2) is 86.0 Å². The van der Waals surface area contributed by atoms with Crippen LogP contribution in [-0.2, 0) is 18.5 Å². The maximum atomic E-state index is 6.84. The van der Waals surface area contributed by atoms with Gasteiger partial charge in [-0.2, -0.15) is 0 Å². The van der Waals surface area contributed by atoms with Gasteiger partial charge in [-0.3, -0.25) is 9.97 Å². The molecule has 0 atom stereocenters. The molecule has 0 aliphatic heterocycles. The second kappa shape index (κ2) is 7.15. The minimum Gasteiger partial charge on any atom is -0.315 e. The van der Waals surface area contributed by atoms with Crippen LogP contribution in [-0.4, -0.2) is 9.97 Å². The summed E-state index contributed by atoms with van der Waals surface area (Å²) in [4.78, 5) is 8.99. The Labute approximate surface area is 142 Å². The fraction of sp³-hybridized carbons (Fsp3) is 0.150. The van der Waals surface area contributed by atoms with Crippen molar-refractivity contribution < 1.29 is 4.57 Å². The fourth-order valence-electron chi connectivity index (χ4n) is 2.83. The maximum Gasteiger partial charge on any atom is 0.172 e. The van der Waals surface area contributed by atoms with Crippen molar-refractivity contribution in [2.45, 2.75) is 18.5 Å². The van der Waals surface area contributed by atoms with E-state index in [0.29, 0.717) is 6.42 Å². The molecule has 3 aromatic heterocycles. The number of hydrogen-bond donors (Lipinski definition) is 1. The van der Waals surface area contributed by atoms with E-state index < -0.39 is 5.54 Å². The van der Waals surface area contributed by atoms with Crippen molar-refractivity contribution in [3.8, 4) is 0 Å². The van der Waals surface area contributed by atoms with E-state index in [-0.39, 0.29) is 0 Å². The lowest BCUT2D eigenvalue weighted by atomic mass is 9.85. The minimum atomic E-state index is -0.782. The Morgan fingerprint density at radius 3 is 2.21 bits per heavy atom. The van der Waals surface area contributed by atoms with Gasteiger partial charge in [0.25, 0.3) is 0 Å². The van der Waals surface area contributed by atoms with Crippen LogP contribution < -0.4 is 10.3 Å². The van der Waals surface area contributed by atoms with Gasteiger partial charge in [-0.25, -0.2) is 4.57 Å². The van der Waals surface area contributed by atoms with Crippen LogP contribution in [0.2, 0.25) is 0 Å². The summed E-state index contributed by atoms with van der Waals surface area (Å²) in [5.41, 5.74) is 8.80. The van der Waals surface area contributed by atoms with Gasteiger partial charge in [0.15, 0.2) is 18.9 Å². The van der Waals surface area contributed by atoms with E-state index in [1.165, 1.54) is 0 Å². The van der Waals surface area contributed by atoms with Crippen LogP contribution in [0, 0.1) is 0 Å². The quantitative estimate of drug-likeness (QED) is 0.561. The molecule has 3 aromatic rings. The first kappa shape index (κ1) is 16.0. The zero-order chi connectivity index (χ0) is 16.8. The molecule has 0 unspecified atom stereocenters. The summed E-state index contributed by atoms with van der Waals surface area (Å²) in [7, 11) is 0. The van der Waals surface area contributed by atoms with Crippen molar-refractivity contribution >= 4 is 0 Å². The summed E-state index contributed by atoms with van der Waals surface area (Å²) < 4.78 is 2.08. The highest BCUT2D eigenvalue weighted by Gasteiger charge is 2.33. The van der Waals surface area contributed by atoms with Crippen molar-refractivity contribution in [1.82, 2.24) is 9.97 Å².